The highest BCUT2D eigenvalue weighted by Crippen LogP contribution is 2.13. The van der Waals surface area contributed by atoms with Gasteiger partial charge in [0.15, 0.2) is 0 Å². The Bertz CT molecular complexity index is 166. The number of aliphatic hydroxyl groups excluding tert-OH is 1. The van der Waals surface area contributed by atoms with Crippen molar-refractivity contribution in [2.24, 2.45) is 5.73 Å². The molecule has 1 atom stereocenters. The van der Waals surface area contributed by atoms with Gasteiger partial charge in [-0.3, -0.25) is 4.90 Å². The SMILES string of the molecule is CCC(N)(CO)CCCN1CCOCC1. The van der Waals surface area contributed by atoms with E-state index >= 15 is 0 Å². The van der Waals surface area contributed by atoms with Crippen LogP contribution in [0.4, 0.5) is 0 Å². The summed E-state index contributed by atoms with van der Waals surface area (Å²) in [5.41, 5.74) is 5.65. The summed E-state index contributed by atoms with van der Waals surface area (Å²) in [6.07, 6.45) is 2.80. The Morgan fingerprint density at radius 2 is 2.07 bits per heavy atom. The van der Waals surface area contributed by atoms with Crippen LogP contribution in [0.2, 0.25) is 0 Å². The van der Waals surface area contributed by atoms with Gasteiger partial charge in [0.1, 0.15) is 0 Å². The van der Waals surface area contributed by atoms with Crippen LogP contribution in [0.3, 0.4) is 0 Å². The van der Waals surface area contributed by atoms with Crippen molar-refractivity contribution in [3.63, 3.8) is 0 Å². The number of rotatable bonds is 6. The van der Waals surface area contributed by atoms with E-state index in [0.717, 1.165) is 52.1 Å². The zero-order chi connectivity index (χ0) is 11.1. The first-order valence-electron chi connectivity index (χ1n) is 5.90. The molecule has 0 aromatic rings. The molecular weight excluding hydrogens is 192 g/mol. The van der Waals surface area contributed by atoms with Gasteiger partial charge < -0.3 is 15.6 Å². The zero-order valence-electron chi connectivity index (χ0n) is 9.74. The maximum Gasteiger partial charge on any atom is 0.0611 e. The minimum Gasteiger partial charge on any atom is -0.394 e. The molecule has 0 saturated carbocycles. The lowest BCUT2D eigenvalue weighted by Crippen LogP contribution is -2.44. The van der Waals surface area contributed by atoms with Crippen LogP contribution in [0, 0.1) is 0 Å². The summed E-state index contributed by atoms with van der Waals surface area (Å²) in [5.74, 6) is 0. The maximum atomic E-state index is 9.16. The van der Waals surface area contributed by atoms with Crippen LogP contribution >= 0.6 is 0 Å². The third kappa shape index (κ3) is 4.47. The molecular formula is C11H24N2O2. The third-order valence-corrected chi connectivity index (χ3v) is 3.27. The molecule has 0 aliphatic carbocycles. The molecule has 0 spiro atoms. The smallest absolute Gasteiger partial charge is 0.0611 e. The number of ether oxygens (including phenoxy) is 1. The second-order valence-corrected chi connectivity index (χ2v) is 4.43. The van der Waals surface area contributed by atoms with E-state index in [9.17, 15) is 0 Å². The van der Waals surface area contributed by atoms with Crippen molar-refractivity contribution in [3.05, 3.63) is 0 Å². The van der Waals surface area contributed by atoms with Gasteiger partial charge >= 0.3 is 0 Å². The van der Waals surface area contributed by atoms with E-state index < -0.39 is 0 Å². The summed E-state index contributed by atoms with van der Waals surface area (Å²) < 4.78 is 5.28. The molecule has 90 valence electrons. The lowest BCUT2D eigenvalue weighted by Gasteiger charge is -2.29. The van der Waals surface area contributed by atoms with E-state index in [2.05, 4.69) is 4.90 Å². The lowest BCUT2D eigenvalue weighted by molar-refractivity contribution is 0.0358. The van der Waals surface area contributed by atoms with Crippen molar-refractivity contribution in [1.29, 1.82) is 0 Å². The number of nitrogens with zero attached hydrogens (tertiary/aromatic N) is 1. The first-order chi connectivity index (χ1) is 7.20. The minimum absolute atomic E-state index is 0.0899. The first-order valence-corrected chi connectivity index (χ1v) is 5.90. The summed E-state index contributed by atoms with van der Waals surface area (Å²) in [6.45, 7) is 6.95. The molecule has 0 aromatic heterocycles. The Kier molecular flexibility index (Phi) is 5.53. The van der Waals surface area contributed by atoms with Gasteiger partial charge in [-0.1, -0.05) is 6.92 Å². The van der Waals surface area contributed by atoms with Crippen molar-refractivity contribution in [1.82, 2.24) is 4.90 Å². The fourth-order valence-corrected chi connectivity index (χ4v) is 1.85. The molecule has 0 radical (unpaired) electrons. The summed E-state index contributed by atoms with van der Waals surface area (Å²) >= 11 is 0. The van der Waals surface area contributed by atoms with E-state index in [4.69, 9.17) is 15.6 Å². The highest BCUT2D eigenvalue weighted by Gasteiger charge is 2.21. The topological polar surface area (TPSA) is 58.7 Å². The van der Waals surface area contributed by atoms with Crippen LogP contribution in [-0.4, -0.2) is 55.0 Å². The molecule has 4 heteroatoms. The van der Waals surface area contributed by atoms with E-state index in [1.165, 1.54) is 0 Å². The maximum absolute atomic E-state index is 9.16. The number of hydrogen-bond acceptors (Lipinski definition) is 4. The first kappa shape index (κ1) is 12.9. The van der Waals surface area contributed by atoms with Crippen molar-refractivity contribution >= 4 is 0 Å². The van der Waals surface area contributed by atoms with Gasteiger partial charge in [0, 0.05) is 18.6 Å². The average molecular weight is 216 g/mol. The van der Waals surface area contributed by atoms with Crippen LogP contribution < -0.4 is 5.73 Å². The molecule has 1 fully saturated rings. The van der Waals surface area contributed by atoms with E-state index in [1.807, 2.05) is 6.92 Å². The molecule has 1 rings (SSSR count). The Morgan fingerprint density at radius 1 is 1.40 bits per heavy atom. The Hall–Kier alpha value is -0.160. The van der Waals surface area contributed by atoms with Crippen LogP contribution in [0.5, 0.6) is 0 Å². The van der Waals surface area contributed by atoms with Crippen molar-refractivity contribution in [3.8, 4) is 0 Å². The molecule has 1 heterocycles. The number of morpholine rings is 1. The number of nitrogens with two attached hydrogens (primary N) is 1. The molecule has 15 heavy (non-hydrogen) atoms. The van der Waals surface area contributed by atoms with Gasteiger partial charge in [-0.15, -0.1) is 0 Å². The van der Waals surface area contributed by atoms with Gasteiger partial charge in [-0.2, -0.15) is 0 Å². The Balaban J connectivity index is 2.14. The fraction of sp³-hybridized carbons (Fsp3) is 1.00. The van der Waals surface area contributed by atoms with Gasteiger partial charge in [0.05, 0.1) is 19.8 Å². The molecule has 1 aliphatic heterocycles. The Labute approximate surface area is 92.4 Å². The molecule has 0 bridgehead atoms. The van der Waals surface area contributed by atoms with Gasteiger partial charge in [0.25, 0.3) is 0 Å². The summed E-state index contributed by atoms with van der Waals surface area (Å²) in [4.78, 5) is 2.40. The number of aliphatic hydroxyl groups is 1. The molecule has 1 saturated heterocycles. The Morgan fingerprint density at radius 3 is 2.60 bits per heavy atom. The quantitative estimate of drug-likeness (QED) is 0.666. The summed E-state index contributed by atoms with van der Waals surface area (Å²) in [7, 11) is 0. The van der Waals surface area contributed by atoms with Gasteiger partial charge in [-0.05, 0) is 25.8 Å². The second-order valence-electron chi connectivity index (χ2n) is 4.43. The van der Waals surface area contributed by atoms with E-state index in [0.29, 0.717) is 0 Å². The molecule has 0 aromatic carbocycles. The summed E-state index contributed by atoms with van der Waals surface area (Å²) in [5, 5.41) is 9.16. The number of hydrogen-bond donors (Lipinski definition) is 2. The molecule has 0 amide bonds. The van der Waals surface area contributed by atoms with Gasteiger partial charge in [0.2, 0.25) is 0 Å². The predicted octanol–water partition coefficient (Wildman–Crippen LogP) is 0.199. The van der Waals surface area contributed by atoms with Gasteiger partial charge in [-0.25, -0.2) is 0 Å². The third-order valence-electron chi connectivity index (χ3n) is 3.27. The molecule has 1 aliphatic rings. The summed E-state index contributed by atoms with van der Waals surface area (Å²) in [6, 6.07) is 0. The highest BCUT2D eigenvalue weighted by molar-refractivity contribution is 4.81. The largest absolute Gasteiger partial charge is 0.394 e. The molecule has 1 unspecified atom stereocenters. The normalized spacial score (nSPS) is 22.6. The fourth-order valence-electron chi connectivity index (χ4n) is 1.85. The highest BCUT2D eigenvalue weighted by atomic mass is 16.5. The second kappa shape index (κ2) is 6.43. The van der Waals surface area contributed by atoms with E-state index in [1.54, 1.807) is 0 Å². The van der Waals surface area contributed by atoms with Crippen molar-refractivity contribution in [2.75, 3.05) is 39.5 Å². The zero-order valence-corrected chi connectivity index (χ0v) is 9.74. The van der Waals surface area contributed by atoms with Crippen LogP contribution in [0.1, 0.15) is 26.2 Å². The standard InChI is InChI=1S/C11H24N2O2/c1-2-11(12,10-14)4-3-5-13-6-8-15-9-7-13/h14H,2-10,12H2,1H3. The average Bonchev–Trinajstić information content (AvgIpc) is 2.30. The van der Waals surface area contributed by atoms with Crippen LogP contribution in [-0.2, 0) is 4.74 Å². The monoisotopic (exact) mass is 216 g/mol. The minimum atomic E-state index is -0.369. The van der Waals surface area contributed by atoms with Crippen molar-refractivity contribution < 1.29 is 9.84 Å². The van der Waals surface area contributed by atoms with Crippen LogP contribution in [0.25, 0.3) is 0 Å². The molecule has 3 N–H and O–H groups in total. The van der Waals surface area contributed by atoms with Crippen LogP contribution in [0.15, 0.2) is 0 Å². The van der Waals surface area contributed by atoms with E-state index in [-0.39, 0.29) is 12.1 Å². The molecule has 4 nitrogen and oxygen atoms in total. The van der Waals surface area contributed by atoms with Crippen molar-refractivity contribution in [2.45, 2.75) is 31.7 Å². The predicted molar refractivity (Wildman–Crippen MR) is 60.8 cm³/mol. The lowest BCUT2D eigenvalue weighted by atomic mass is 9.92.